The molecule has 7 heteroatoms. The second kappa shape index (κ2) is 6.60. The molecule has 0 fully saturated rings. The summed E-state index contributed by atoms with van der Waals surface area (Å²) in [6.45, 7) is 7.43. The van der Waals surface area contributed by atoms with Gasteiger partial charge in [0.05, 0.1) is 5.69 Å². The van der Waals surface area contributed by atoms with E-state index in [9.17, 15) is 9.59 Å². The predicted octanol–water partition coefficient (Wildman–Crippen LogP) is 2.36. The van der Waals surface area contributed by atoms with Crippen LogP contribution in [0.15, 0.2) is 18.2 Å². The molecule has 0 aliphatic carbocycles. The molecule has 2 N–H and O–H groups in total. The Kier molecular flexibility index (Phi) is 4.78. The third-order valence-corrected chi connectivity index (χ3v) is 3.56. The monoisotopic (exact) mass is 316 g/mol. The highest BCUT2D eigenvalue weighted by Crippen LogP contribution is 2.20. The van der Waals surface area contributed by atoms with Gasteiger partial charge in [-0.1, -0.05) is 37.3 Å². The fraction of sp³-hybridized carbons (Fsp3) is 0.375. The molecule has 0 spiro atoms. The minimum Gasteiger partial charge on any atom is -0.476 e. The maximum atomic E-state index is 12.3. The van der Waals surface area contributed by atoms with Crippen LogP contribution in [0.4, 0.5) is 5.69 Å². The summed E-state index contributed by atoms with van der Waals surface area (Å²) in [5.41, 5.74) is 3.02. The fourth-order valence-electron chi connectivity index (χ4n) is 2.49. The van der Waals surface area contributed by atoms with E-state index in [0.29, 0.717) is 5.69 Å². The molecule has 1 heterocycles. The number of carbonyl (C=O) groups is 2. The van der Waals surface area contributed by atoms with Gasteiger partial charge in [0, 0.05) is 5.69 Å². The highest BCUT2D eigenvalue weighted by molar-refractivity contribution is 5.92. The summed E-state index contributed by atoms with van der Waals surface area (Å²) in [5.74, 6) is -1.52. The molecule has 7 nitrogen and oxygen atoms in total. The van der Waals surface area contributed by atoms with Crippen molar-refractivity contribution in [1.82, 2.24) is 15.0 Å². The van der Waals surface area contributed by atoms with Crippen LogP contribution in [0.2, 0.25) is 0 Å². The smallest absolute Gasteiger partial charge is 0.358 e. The number of carboxylic acids is 1. The average Bonchev–Trinajstić information content (AvgIpc) is 2.87. The number of amides is 1. The first-order valence-electron chi connectivity index (χ1n) is 7.34. The van der Waals surface area contributed by atoms with Gasteiger partial charge in [-0.2, -0.15) is 0 Å². The highest BCUT2D eigenvalue weighted by Gasteiger charge is 2.22. The quantitative estimate of drug-likeness (QED) is 0.882. The zero-order chi connectivity index (χ0) is 17.1. The van der Waals surface area contributed by atoms with Crippen LogP contribution in [-0.2, 0) is 11.3 Å². The Bertz CT molecular complexity index is 730. The van der Waals surface area contributed by atoms with Gasteiger partial charge in [-0.25, -0.2) is 9.48 Å². The molecular formula is C16H20N4O3. The maximum Gasteiger partial charge on any atom is 0.358 e. The van der Waals surface area contributed by atoms with Crippen molar-refractivity contribution in [1.29, 1.82) is 0 Å². The second-order valence-corrected chi connectivity index (χ2v) is 5.76. The largest absolute Gasteiger partial charge is 0.476 e. The van der Waals surface area contributed by atoms with E-state index in [4.69, 9.17) is 5.11 Å². The van der Waals surface area contributed by atoms with Gasteiger partial charge in [0.1, 0.15) is 6.54 Å². The van der Waals surface area contributed by atoms with Crippen LogP contribution in [0.25, 0.3) is 0 Å². The number of para-hydroxylation sites is 1. The van der Waals surface area contributed by atoms with Gasteiger partial charge >= 0.3 is 5.97 Å². The number of aromatic nitrogens is 3. The van der Waals surface area contributed by atoms with E-state index in [2.05, 4.69) is 15.6 Å². The number of aromatic carboxylic acids is 1. The normalized spacial score (nSPS) is 10.8. The molecule has 2 aromatic rings. The molecule has 0 bridgehead atoms. The van der Waals surface area contributed by atoms with Crippen LogP contribution >= 0.6 is 0 Å². The van der Waals surface area contributed by atoms with Gasteiger partial charge in [0.25, 0.3) is 0 Å². The Morgan fingerprint density at radius 1 is 1.26 bits per heavy atom. The Morgan fingerprint density at radius 3 is 2.39 bits per heavy atom. The lowest BCUT2D eigenvalue weighted by Crippen LogP contribution is -2.22. The van der Waals surface area contributed by atoms with E-state index in [-0.39, 0.29) is 24.1 Å². The molecule has 0 aliphatic rings. The summed E-state index contributed by atoms with van der Waals surface area (Å²) in [4.78, 5) is 23.5. The second-order valence-electron chi connectivity index (χ2n) is 5.76. The van der Waals surface area contributed by atoms with E-state index in [1.54, 1.807) is 0 Å². The first kappa shape index (κ1) is 16.7. The van der Waals surface area contributed by atoms with E-state index >= 15 is 0 Å². The van der Waals surface area contributed by atoms with Crippen LogP contribution in [0.5, 0.6) is 0 Å². The summed E-state index contributed by atoms with van der Waals surface area (Å²) < 4.78 is 1.34. The fourth-order valence-corrected chi connectivity index (χ4v) is 2.49. The number of rotatable bonds is 5. The predicted molar refractivity (Wildman–Crippen MR) is 85.6 cm³/mol. The lowest BCUT2D eigenvalue weighted by Gasteiger charge is -2.13. The maximum absolute atomic E-state index is 12.3. The number of benzene rings is 1. The van der Waals surface area contributed by atoms with Crippen molar-refractivity contribution in [3.63, 3.8) is 0 Å². The molecule has 1 aromatic heterocycles. The number of hydrogen-bond donors (Lipinski definition) is 2. The van der Waals surface area contributed by atoms with Gasteiger partial charge in [-0.15, -0.1) is 5.10 Å². The lowest BCUT2D eigenvalue weighted by molar-refractivity contribution is -0.117. The molecule has 0 saturated carbocycles. The molecule has 0 saturated heterocycles. The highest BCUT2D eigenvalue weighted by atomic mass is 16.4. The van der Waals surface area contributed by atoms with Gasteiger partial charge in [0.15, 0.2) is 5.69 Å². The number of aryl methyl sites for hydroxylation is 2. The van der Waals surface area contributed by atoms with E-state index in [1.165, 1.54) is 4.68 Å². The molecule has 23 heavy (non-hydrogen) atoms. The third-order valence-electron chi connectivity index (χ3n) is 3.56. The van der Waals surface area contributed by atoms with Crippen LogP contribution < -0.4 is 5.32 Å². The number of carboxylic acid groups (broad SMARTS) is 1. The van der Waals surface area contributed by atoms with Gasteiger partial charge in [-0.05, 0) is 30.9 Å². The topological polar surface area (TPSA) is 97.1 Å². The summed E-state index contributed by atoms with van der Waals surface area (Å²) in [5, 5.41) is 19.5. The standard InChI is InChI=1S/C16H20N4O3/c1-9(2)15-14(16(22)23)18-19-20(15)8-12(21)17-13-10(3)6-5-7-11(13)4/h5-7,9H,8H2,1-4H3,(H,17,21)(H,22,23). The number of hydrogen-bond acceptors (Lipinski definition) is 4. The number of carbonyl (C=O) groups excluding carboxylic acids is 1. The number of nitrogens with zero attached hydrogens (tertiary/aromatic N) is 3. The average molecular weight is 316 g/mol. The molecule has 122 valence electrons. The van der Waals surface area contributed by atoms with E-state index < -0.39 is 5.97 Å². The number of anilines is 1. The lowest BCUT2D eigenvalue weighted by atomic mass is 10.1. The first-order valence-corrected chi connectivity index (χ1v) is 7.34. The molecule has 0 unspecified atom stereocenters. The molecule has 2 rings (SSSR count). The van der Waals surface area contributed by atoms with Crippen molar-refractivity contribution in [2.75, 3.05) is 5.32 Å². The van der Waals surface area contributed by atoms with Crippen LogP contribution in [0, 0.1) is 13.8 Å². The Balaban J connectivity index is 2.23. The van der Waals surface area contributed by atoms with Crippen molar-refractivity contribution < 1.29 is 14.7 Å². The minimum absolute atomic E-state index is 0.0818. The summed E-state index contributed by atoms with van der Waals surface area (Å²) in [6, 6.07) is 5.76. The van der Waals surface area contributed by atoms with Crippen LogP contribution in [0.3, 0.4) is 0 Å². The zero-order valence-electron chi connectivity index (χ0n) is 13.6. The van der Waals surface area contributed by atoms with Gasteiger partial charge < -0.3 is 10.4 Å². The summed E-state index contributed by atoms with van der Waals surface area (Å²) in [6.07, 6.45) is 0. The molecule has 1 amide bonds. The Hall–Kier alpha value is -2.70. The molecular weight excluding hydrogens is 296 g/mol. The molecule has 0 aliphatic heterocycles. The SMILES string of the molecule is Cc1cccc(C)c1NC(=O)Cn1nnc(C(=O)O)c1C(C)C. The van der Waals surface area contributed by atoms with Crippen LogP contribution in [-0.4, -0.2) is 32.0 Å². The van der Waals surface area contributed by atoms with Crippen molar-refractivity contribution >= 4 is 17.6 Å². The van der Waals surface area contributed by atoms with E-state index in [1.807, 2.05) is 45.9 Å². The summed E-state index contributed by atoms with van der Waals surface area (Å²) >= 11 is 0. The van der Waals surface area contributed by atoms with Gasteiger partial charge in [-0.3, -0.25) is 4.79 Å². The Labute approximate surface area is 134 Å². The number of nitrogens with one attached hydrogen (secondary N) is 1. The van der Waals surface area contributed by atoms with Crippen molar-refractivity contribution in [3.8, 4) is 0 Å². The van der Waals surface area contributed by atoms with Crippen LogP contribution in [0.1, 0.15) is 47.1 Å². The molecule has 1 aromatic carbocycles. The van der Waals surface area contributed by atoms with Crippen molar-refractivity contribution in [2.24, 2.45) is 0 Å². The first-order chi connectivity index (χ1) is 10.8. The van der Waals surface area contributed by atoms with Crippen molar-refractivity contribution in [3.05, 3.63) is 40.7 Å². The molecule has 0 radical (unpaired) electrons. The third kappa shape index (κ3) is 3.56. The minimum atomic E-state index is -1.14. The molecule has 0 atom stereocenters. The van der Waals surface area contributed by atoms with Crippen molar-refractivity contribution in [2.45, 2.75) is 40.2 Å². The van der Waals surface area contributed by atoms with Gasteiger partial charge in [0.2, 0.25) is 5.91 Å². The zero-order valence-corrected chi connectivity index (χ0v) is 13.6. The van der Waals surface area contributed by atoms with E-state index in [0.717, 1.165) is 16.8 Å². The summed E-state index contributed by atoms with van der Waals surface area (Å²) in [7, 11) is 0. The Morgan fingerprint density at radius 2 is 1.87 bits per heavy atom.